The molecule has 0 aliphatic carbocycles. The largest absolute Gasteiger partial charge is 0.416 e. The van der Waals surface area contributed by atoms with Crippen LogP contribution in [0.3, 0.4) is 0 Å². The van der Waals surface area contributed by atoms with Gasteiger partial charge in [0.1, 0.15) is 6.79 Å². The maximum Gasteiger partial charge on any atom is 0.416 e. The standard InChI is InChI=1S/C9H17F3O5/c1-15-4-5-16-6-17-7(2-3-13)8(14)9(10,11)12/h7-8,13-14H,2-6H2,1H3/t7-,8+/m0/s1. The molecule has 0 rings (SSSR count). The van der Waals surface area contributed by atoms with Crippen LogP contribution in [-0.4, -0.2) is 62.3 Å². The second kappa shape index (κ2) is 8.65. The molecule has 5 nitrogen and oxygen atoms in total. The lowest BCUT2D eigenvalue weighted by atomic mass is 10.1. The van der Waals surface area contributed by atoms with Gasteiger partial charge in [0.25, 0.3) is 0 Å². The zero-order valence-corrected chi connectivity index (χ0v) is 9.44. The average Bonchev–Trinajstić information content (AvgIpc) is 2.25. The number of hydrogen-bond acceptors (Lipinski definition) is 5. The van der Waals surface area contributed by atoms with Gasteiger partial charge in [-0.2, -0.15) is 13.2 Å². The van der Waals surface area contributed by atoms with Crippen LogP contribution < -0.4 is 0 Å². The SMILES string of the molecule is COCCOCO[C@@H](CCO)[C@@H](O)C(F)(F)F. The molecule has 0 saturated heterocycles. The van der Waals surface area contributed by atoms with Crippen molar-refractivity contribution in [1.82, 2.24) is 0 Å². The van der Waals surface area contributed by atoms with Crippen molar-refractivity contribution in [2.45, 2.75) is 24.8 Å². The maximum absolute atomic E-state index is 12.2. The number of aliphatic hydroxyl groups excluding tert-OH is 2. The number of hydrogen-bond donors (Lipinski definition) is 2. The van der Waals surface area contributed by atoms with Gasteiger partial charge in [0.15, 0.2) is 6.10 Å². The second-order valence-electron chi connectivity index (χ2n) is 3.22. The van der Waals surface area contributed by atoms with Gasteiger partial charge in [0.05, 0.1) is 19.3 Å². The Kier molecular flexibility index (Phi) is 8.44. The summed E-state index contributed by atoms with van der Waals surface area (Å²) in [7, 11) is 1.45. The Morgan fingerprint density at radius 3 is 2.35 bits per heavy atom. The molecule has 2 N–H and O–H groups in total. The van der Waals surface area contributed by atoms with Crippen LogP contribution in [0.4, 0.5) is 13.2 Å². The number of halogens is 3. The number of aliphatic hydroxyl groups is 2. The Morgan fingerprint density at radius 1 is 1.24 bits per heavy atom. The van der Waals surface area contributed by atoms with E-state index in [1.807, 2.05) is 0 Å². The molecule has 0 bridgehead atoms. The fourth-order valence-electron chi connectivity index (χ4n) is 1.01. The minimum atomic E-state index is -4.79. The number of alkyl halides is 3. The summed E-state index contributed by atoms with van der Waals surface area (Å²) in [6.45, 7) is -0.461. The van der Waals surface area contributed by atoms with Crippen molar-refractivity contribution in [2.75, 3.05) is 33.7 Å². The number of ether oxygens (including phenoxy) is 3. The van der Waals surface area contributed by atoms with E-state index in [1.165, 1.54) is 7.11 Å². The molecule has 0 saturated carbocycles. The Morgan fingerprint density at radius 2 is 1.88 bits per heavy atom. The van der Waals surface area contributed by atoms with E-state index in [0.717, 1.165) is 0 Å². The zero-order valence-electron chi connectivity index (χ0n) is 9.44. The van der Waals surface area contributed by atoms with Gasteiger partial charge in [-0.25, -0.2) is 0 Å². The van der Waals surface area contributed by atoms with E-state index in [-0.39, 0.29) is 19.6 Å². The first-order chi connectivity index (χ1) is 7.93. The summed E-state index contributed by atoms with van der Waals surface area (Å²) in [5.74, 6) is 0. The lowest BCUT2D eigenvalue weighted by Crippen LogP contribution is -2.42. The zero-order chi connectivity index (χ0) is 13.3. The molecule has 0 aromatic carbocycles. The van der Waals surface area contributed by atoms with E-state index in [2.05, 4.69) is 4.74 Å². The van der Waals surface area contributed by atoms with Gasteiger partial charge >= 0.3 is 6.18 Å². The third-order valence-electron chi connectivity index (χ3n) is 1.90. The summed E-state index contributed by atoms with van der Waals surface area (Å²) >= 11 is 0. The lowest BCUT2D eigenvalue weighted by molar-refractivity contribution is -0.249. The molecule has 0 aromatic heterocycles. The first kappa shape index (κ1) is 16.6. The van der Waals surface area contributed by atoms with Crippen LogP contribution in [0.25, 0.3) is 0 Å². The fourth-order valence-corrected chi connectivity index (χ4v) is 1.01. The highest BCUT2D eigenvalue weighted by molar-refractivity contribution is 4.75. The average molecular weight is 262 g/mol. The summed E-state index contributed by atoms with van der Waals surface area (Å²) < 4.78 is 50.7. The van der Waals surface area contributed by atoms with Gasteiger partial charge in [0.2, 0.25) is 0 Å². The van der Waals surface area contributed by atoms with E-state index in [4.69, 9.17) is 19.7 Å². The Labute approximate surface area is 97.1 Å². The van der Waals surface area contributed by atoms with Gasteiger partial charge in [0, 0.05) is 13.7 Å². The molecule has 2 atom stereocenters. The molecule has 8 heteroatoms. The third-order valence-corrected chi connectivity index (χ3v) is 1.90. The molecular formula is C9H17F3O5. The van der Waals surface area contributed by atoms with E-state index >= 15 is 0 Å². The van der Waals surface area contributed by atoms with E-state index in [9.17, 15) is 13.2 Å². The highest BCUT2D eigenvalue weighted by Crippen LogP contribution is 2.25. The van der Waals surface area contributed by atoms with E-state index in [1.54, 1.807) is 0 Å². The smallest absolute Gasteiger partial charge is 0.396 e. The third kappa shape index (κ3) is 7.50. The van der Waals surface area contributed by atoms with Crippen LogP contribution in [0.15, 0.2) is 0 Å². The summed E-state index contributed by atoms with van der Waals surface area (Å²) in [6, 6.07) is 0. The minimum Gasteiger partial charge on any atom is -0.396 e. The van der Waals surface area contributed by atoms with Crippen molar-refractivity contribution in [3.8, 4) is 0 Å². The number of rotatable bonds is 9. The van der Waals surface area contributed by atoms with Crippen LogP contribution in [0.2, 0.25) is 0 Å². The first-order valence-corrected chi connectivity index (χ1v) is 4.97. The van der Waals surface area contributed by atoms with Crippen LogP contribution >= 0.6 is 0 Å². The lowest BCUT2D eigenvalue weighted by Gasteiger charge is -2.24. The minimum absolute atomic E-state index is 0.171. The van der Waals surface area contributed by atoms with Crippen molar-refractivity contribution in [1.29, 1.82) is 0 Å². The van der Waals surface area contributed by atoms with Crippen molar-refractivity contribution < 1.29 is 37.6 Å². The van der Waals surface area contributed by atoms with E-state index < -0.39 is 31.8 Å². The molecule has 0 heterocycles. The van der Waals surface area contributed by atoms with Crippen LogP contribution in [-0.2, 0) is 14.2 Å². The Balaban J connectivity index is 3.98. The molecule has 17 heavy (non-hydrogen) atoms. The van der Waals surface area contributed by atoms with Gasteiger partial charge < -0.3 is 24.4 Å². The maximum atomic E-state index is 12.2. The molecule has 0 amide bonds. The van der Waals surface area contributed by atoms with Crippen LogP contribution in [0.1, 0.15) is 6.42 Å². The second-order valence-corrected chi connectivity index (χ2v) is 3.22. The molecular weight excluding hydrogens is 245 g/mol. The molecule has 0 radical (unpaired) electrons. The number of methoxy groups -OCH3 is 1. The van der Waals surface area contributed by atoms with E-state index in [0.29, 0.717) is 0 Å². The van der Waals surface area contributed by atoms with Crippen molar-refractivity contribution in [2.24, 2.45) is 0 Å². The van der Waals surface area contributed by atoms with Gasteiger partial charge in [-0.15, -0.1) is 0 Å². The highest BCUT2D eigenvalue weighted by Gasteiger charge is 2.43. The topological polar surface area (TPSA) is 68.2 Å². The van der Waals surface area contributed by atoms with Crippen molar-refractivity contribution >= 4 is 0 Å². The van der Waals surface area contributed by atoms with Crippen molar-refractivity contribution in [3.05, 3.63) is 0 Å². The molecule has 0 aliphatic heterocycles. The molecule has 0 aliphatic rings. The molecule has 104 valence electrons. The highest BCUT2D eigenvalue weighted by atomic mass is 19.4. The quantitative estimate of drug-likeness (QED) is 0.462. The Hall–Kier alpha value is -0.410. The summed E-state index contributed by atoms with van der Waals surface area (Å²) in [4.78, 5) is 0. The molecule has 0 unspecified atom stereocenters. The summed E-state index contributed by atoms with van der Waals surface area (Å²) in [6.07, 6.45) is -9.29. The Bertz CT molecular complexity index is 188. The fraction of sp³-hybridized carbons (Fsp3) is 1.00. The first-order valence-electron chi connectivity index (χ1n) is 4.97. The van der Waals surface area contributed by atoms with Gasteiger partial charge in [-0.05, 0) is 6.42 Å². The summed E-state index contributed by atoms with van der Waals surface area (Å²) in [5.41, 5.74) is 0. The predicted molar refractivity (Wildman–Crippen MR) is 51.3 cm³/mol. The summed E-state index contributed by atoms with van der Waals surface area (Å²) in [5, 5.41) is 17.5. The van der Waals surface area contributed by atoms with Gasteiger partial charge in [-0.1, -0.05) is 0 Å². The predicted octanol–water partition coefficient (Wildman–Crippen LogP) is 0.298. The monoisotopic (exact) mass is 262 g/mol. The van der Waals surface area contributed by atoms with Crippen molar-refractivity contribution in [3.63, 3.8) is 0 Å². The molecule has 0 aromatic rings. The van der Waals surface area contributed by atoms with Gasteiger partial charge in [-0.3, -0.25) is 0 Å². The molecule has 0 spiro atoms. The molecule has 0 fully saturated rings. The van der Waals surface area contributed by atoms with Crippen LogP contribution in [0, 0.1) is 0 Å². The van der Waals surface area contributed by atoms with Crippen LogP contribution in [0.5, 0.6) is 0 Å². The normalized spacial score (nSPS) is 15.9.